The Labute approximate surface area is 108 Å². The first kappa shape index (κ1) is 13.2. The Morgan fingerprint density at radius 1 is 1.50 bits per heavy atom. The SMILES string of the molecule is O=C(O)C1CNC(c2cc(Cl)ccc2C(F)F)C1. The molecule has 0 aromatic heterocycles. The van der Waals surface area contributed by atoms with Crippen LogP contribution >= 0.6 is 11.6 Å². The molecule has 2 unspecified atom stereocenters. The van der Waals surface area contributed by atoms with Crippen molar-refractivity contribution in [3.05, 3.63) is 34.3 Å². The largest absolute Gasteiger partial charge is 0.481 e. The average Bonchev–Trinajstić information content (AvgIpc) is 2.77. The van der Waals surface area contributed by atoms with Crippen molar-refractivity contribution in [2.75, 3.05) is 6.54 Å². The van der Waals surface area contributed by atoms with Gasteiger partial charge >= 0.3 is 5.97 Å². The van der Waals surface area contributed by atoms with E-state index in [1.807, 2.05) is 0 Å². The molecule has 1 aromatic rings. The minimum atomic E-state index is -2.59. The maximum atomic E-state index is 12.9. The van der Waals surface area contributed by atoms with Gasteiger partial charge in [0, 0.05) is 23.2 Å². The molecule has 0 amide bonds. The van der Waals surface area contributed by atoms with Crippen LogP contribution in [0.1, 0.15) is 30.0 Å². The van der Waals surface area contributed by atoms with Crippen molar-refractivity contribution in [3.8, 4) is 0 Å². The molecular weight excluding hydrogens is 264 g/mol. The summed E-state index contributed by atoms with van der Waals surface area (Å²) in [5.74, 6) is -1.45. The second kappa shape index (κ2) is 5.20. The fourth-order valence-corrected chi connectivity index (χ4v) is 2.39. The lowest BCUT2D eigenvalue weighted by atomic mass is 9.96. The zero-order valence-corrected chi connectivity index (χ0v) is 10.1. The molecular formula is C12H12ClF2NO2. The van der Waals surface area contributed by atoms with Crippen LogP contribution in [0, 0.1) is 5.92 Å². The second-order valence-corrected chi connectivity index (χ2v) is 4.74. The number of hydrogen-bond acceptors (Lipinski definition) is 2. The van der Waals surface area contributed by atoms with Crippen LogP contribution in [0.4, 0.5) is 8.78 Å². The molecule has 2 atom stereocenters. The molecule has 1 saturated heterocycles. The summed E-state index contributed by atoms with van der Waals surface area (Å²) in [6.45, 7) is 0.287. The fourth-order valence-electron chi connectivity index (χ4n) is 2.21. The molecule has 6 heteroatoms. The van der Waals surface area contributed by atoms with Gasteiger partial charge in [0.05, 0.1) is 5.92 Å². The van der Waals surface area contributed by atoms with E-state index in [9.17, 15) is 13.6 Å². The number of alkyl halides is 2. The molecule has 2 rings (SSSR count). The first-order chi connectivity index (χ1) is 8.49. The lowest BCUT2D eigenvalue weighted by Gasteiger charge is -2.16. The van der Waals surface area contributed by atoms with Gasteiger partial charge in [0.2, 0.25) is 0 Å². The standard InChI is InChI=1S/C12H12ClF2NO2/c13-7-1-2-8(11(14)15)9(4-7)10-3-6(5-16-10)12(17)18/h1-2,4,6,10-11,16H,3,5H2,(H,17,18). The molecule has 0 radical (unpaired) electrons. The third kappa shape index (κ3) is 2.62. The van der Waals surface area contributed by atoms with Crippen molar-refractivity contribution in [1.29, 1.82) is 0 Å². The molecule has 0 aliphatic carbocycles. The summed E-state index contributed by atoms with van der Waals surface area (Å²) >= 11 is 5.81. The van der Waals surface area contributed by atoms with Crippen LogP contribution in [0.3, 0.4) is 0 Å². The van der Waals surface area contributed by atoms with Crippen molar-refractivity contribution < 1.29 is 18.7 Å². The summed E-state index contributed by atoms with van der Waals surface area (Å²) in [4.78, 5) is 10.8. The third-order valence-corrected chi connectivity index (χ3v) is 3.37. The highest BCUT2D eigenvalue weighted by Gasteiger charge is 2.32. The van der Waals surface area contributed by atoms with E-state index >= 15 is 0 Å². The molecule has 18 heavy (non-hydrogen) atoms. The number of carboxylic acids is 1. The van der Waals surface area contributed by atoms with E-state index in [4.69, 9.17) is 16.7 Å². The number of rotatable bonds is 3. The van der Waals surface area contributed by atoms with Crippen LogP contribution in [0.15, 0.2) is 18.2 Å². The number of hydrogen-bond donors (Lipinski definition) is 2. The normalized spacial score (nSPS) is 23.6. The molecule has 1 aromatic carbocycles. The van der Waals surface area contributed by atoms with Gasteiger partial charge in [-0.2, -0.15) is 0 Å². The molecule has 3 nitrogen and oxygen atoms in total. The monoisotopic (exact) mass is 275 g/mol. The van der Waals surface area contributed by atoms with Gasteiger partial charge in [-0.05, 0) is 24.1 Å². The molecule has 1 aliphatic heterocycles. The number of nitrogens with one attached hydrogen (secondary N) is 1. The van der Waals surface area contributed by atoms with Gasteiger partial charge in [0.15, 0.2) is 0 Å². The van der Waals surface area contributed by atoms with Crippen molar-refractivity contribution in [2.24, 2.45) is 5.92 Å². The zero-order chi connectivity index (χ0) is 13.3. The highest BCUT2D eigenvalue weighted by atomic mass is 35.5. The van der Waals surface area contributed by atoms with Crippen LogP contribution in [0.5, 0.6) is 0 Å². The van der Waals surface area contributed by atoms with Crippen LogP contribution < -0.4 is 5.32 Å². The van der Waals surface area contributed by atoms with Crippen molar-refractivity contribution >= 4 is 17.6 Å². The van der Waals surface area contributed by atoms with Crippen molar-refractivity contribution in [1.82, 2.24) is 5.32 Å². The molecule has 2 N–H and O–H groups in total. The van der Waals surface area contributed by atoms with Crippen molar-refractivity contribution in [3.63, 3.8) is 0 Å². The summed E-state index contributed by atoms with van der Waals surface area (Å²) in [5, 5.41) is 12.2. The summed E-state index contributed by atoms with van der Waals surface area (Å²) in [5.41, 5.74) is 0.296. The number of carbonyl (C=O) groups is 1. The first-order valence-corrected chi connectivity index (χ1v) is 5.90. The van der Waals surface area contributed by atoms with Crippen LogP contribution in [0.25, 0.3) is 0 Å². The molecule has 0 saturated carbocycles. The third-order valence-electron chi connectivity index (χ3n) is 3.14. The van der Waals surface area contributed by atoms with Gasteiger partial charge < -0.3 is 10.4 Å². The predicted molar refractivity (Wildman–Crippen MR) is 62.9 cm³/mol. The summed E-state index contributed by atoms with van der Waals surface area (Å²) in [6, 6.07) is 3.80. The Morgan fingerprint density at radius 3 is 2.78 bits per heavy atom. The molecule has 0 bridgehead atoms. The predicted octanol–water partition coefficient (Wildman–Crippen LogP) is 3.01. The highest BCUT2D eigenvalue weighted by Crippen LogP contribution is 2.35. The highest BCUT2D eigenvalue weighted by molar-refractivity contribution is 6.30. The number of benzene rings is 1. The van der Waals surface area contributed by atoms with Crippen molar-refractivity contribution in [2.45, 2.75) is 18.9 Å². The van der Waals surface area contributed by atoms with E-state index in [1.165, 1.54) is 18.2 Å². The molecule has 98 valence electrons. The van der Waals surface area contributed by atoms with E-state index in [2.05, 4.69) is 5.32 Å². The number of carboxylic acid groups (broad SMARTS) is 1. The first-order valence-electron chi connectivity index (χ1n) is 5.52. The minimum Gasteiger partial charge on any atom is -0.481 e. The molecule has 1 aliphatic rings. The van der Waals surface area contributed by atoms with Crippen LogP contribution in [-0.2, 0) is 4.79 Å². The van der Waals surface area contributed by atoms with Crippen LogP contribution in [0.2, 0.25) is 5.02 Å². The quantitative estimate of drug-likeness (QED) is 0.891. The van der Waals surface area contributed by atoms with Gasteiger partial charge in [-0.1, -0.05) is 17.7 Å². The fraction of sp³-hybridized carbons (Fsp3) is 0.417. The summed E-state index contributed by atoms with van der Waals surface area (Å²) < 4.78 is 25.8. The smallest absolute Gasteiger partial charge is 0.307 e. The van der Waals surface area contributed by atoms with Gasteiger partial charge in [-0.15, -0.1) is 0 Å². The summed E-state index contributed by atoms with van der Waals surface area (Å²) in [6.07, 6.45) is -2.29. The van der Waals surface area contributed by atoms with Gasteiger partial charge in [-0.3, -0.25) is 4.79 Å². The van der Waals surface area contributed by atoms with E-state index in [0.717, 1.165) is 0 Å². The topological polar surface area (TPSA) is 49.3 Å². The Kier molecular flexibility index (Phi) is 3.82. The van der Waals surface area contributed by atoms with Gasteiger partial charge in [0.25, 0.3) is 6.43 Å². The maximum absolute atomic E-state index is 12.9. The maximum Gasteiger partial charge on any atom is 0.307 e. The second-order valence-electron chi connectivity index (χ2n) is 4.31. The van der Waals surface area contributed by atoms with E-state index in [1.54, 1.807) is 0 Å². The Bertz CT molecular complexity index is 467. The zero-order valence-electron chi connectivity index (χ0n) is 9.37. The average molecular weight is 276 g/mol. The number of aliphatic carboxylic acids is 1. The van der Waals surface area contributed by atoms with Crippen LogP contribution in [-0.4, -0.2) is 17.6 Å². The minimum absolute atomic E-state index is 0.0945. The molecule has 1 heterocycles. The molecule has 0 spiro atoms. The Balaban J connectivity index is 2.28. The Hall–Kier alpha value is -1.20. The van der Waals surface area contributed by atoms with Gasteiger partial charge in [-0.25, -0.2) is 8.78 Å². The Morgan fingerprint density at radius 2 is 2.22 bits per heavy atom. The van der Waals surface area contributed by atoms with E-state index < -0.39 is 18.3 Å². The lowest BCUT2D eigenvalue weighted by molar-refractivity contribution is -0.141. The molecule has 1 fully saturated rings. The van der Waals surface area contributed by atoms with E-state index in [0.29, 0.717) is 17.0 Å². The number of halogens is 3. The summed E-state index contributed by atoms with van der Waals surface area (Å²) in [7, 11) is 0. The van der Waals surface area contributed by atoms with E-state index in [-0.39, 0.29) is 18.2 Å². The van der Waals surface area contributed by atoms with Gasteiger partial charge in [0.1, 0.15) is 0 Å². The lowest BCUT2D eigenvalue weighted by Crippen LogP contribution is -2.17.